The van der Waals surface area contributed by atoms with Crippen LogP contribution in [0.25, 0.3) is 10.9 Å². The number of carbonyl (C=O) groups is 1. The number of carbonyl (C=O) groups excluding carboxylic acids is 1. The molecule has 30 heavy (non-hydrogen) atoms. The number of nitrogens with zero attached hydrogens (tertiary/aromatic N) is 3. The van der Waals surface area contributed by atoms with E-state index in [0.717, 1.165) is 28.2 Å². The number of hydrogen-bond acceptors (Lipinski definition) is 4. The zero-order chi connectivity index (χ0) is 21.5. The molecule has 0 aliphatic carbocycles. The first-order valence-electron chi connectivity index (χ1n) is 9.69. The van der Waals surface area contributed by atoms with E-state index in [2.05, 4.69) is 4.98 Å². The van der Waals surface area contributed by atoms with Crippen LogP contribution >= 0.6 is 0 Å². The number of aryl methyl sites for hydroxylation is 2. The molecule has 1 aromatic heterocycles. The second kappa shape index (κ2) is 7.77. The van der Waals surface area contributed by atoms with E-state index in [-0.39, 0.29) is 37.0 Å². The molecule has 4 rings (SSSR count). The molecule has 156 valence electrons. The van der Waals surface area contributed by atoms with Crippen molar-refractivity contribution in [3.05, 3.63) is 71.2 Å². The van der Waals surface area contributed by atoms with Crippen LogP contribution in [0.2, 0.25) is 0 Å². The zero-order valence-electron chi connectivity index (χ0n) is 16.8. The van der Waals surface area contributed by atoms with Gasteiger partial charge in [-0.1, -0.05) is 23.8 Å². The number of piperazine rings is 1. The van der Waals surface area contributed by atoms with Crippen molar-refractivity contribution in [3.63, 3.8) is 0 Å². The molecule has 1 saturated heterocycles. The van der Waals surface area contributed by atoms with E-state index < -0.39 is 15.8 Å². The first kappa shape index (κ1) is 20.4. The molecule has 0 unspecified atom stereocenters. The maximum absolute atomic E-state index is 14.0. The van der Waals surface area contributed by atoms with Crippen molar-refractivity contribution in [2.45, 2.75) is 18.7 Å². The maximum Gasteiger partial charge on any atom is 0.254 e. The number of hydrogen-bond donors (Lipinski definition) is 0. The molecule has 1 amide bonds. The summed E-state index contributed by atoms with van der Waals surface area (Å²) in [4.78, 5) is 19.0. The highest BCUT2D eigenvalue weighted by Crippen LogP contribution is 2.24. The molecule has 3 aromatic rings. The normalized spacial score (nSPS) is 15.5. The molecule has 0 atom stereocenters. The van der Waals surface area contributed by atoms with Gasteiger partial charge in [0.15, 0.2) is 0 Å². The molecule has 6 nitrogen and oxygen atoms in total. The largest absolute Gasteiger partial charge is 0.336 e. The van der Waals surface area contributed by atoms with E-state index in [9.17, 15) is 17.6 Å². The number of rotatable bonds is 3. The van der Waals surface area contributed by atoms with E-state index in [1.54, 1.807) is 11.0 Å². The van der Waals surface area contributed by atoms with Crippen molar-refractivity contribution in [3.8, 4) is 0 Å². The number of pyridine rings is 1. The number of fused-ring (bicyclic) bond motifs is 1. The van der Waals surface area contributed by atoms with Crippen molar-refractivity contribution < 1.29 is 17.6 Å². The second-order valence-electron chi connectivity index (χ2n) is 7.46. The van der Waals surface area contributed by atoms with E-state index >= 15 is 0 Å². The van der Waals surface area contributed by atoms with Crippen LogP contribution in [0.4, 0.5) is 4.39 Å². The predicted octanol–water partition coefficient (Wildman–Crippen LogP) is 3.14. The molecule has 0 N–H and O–H groups in total. The maximum atomic E-state index is 14.0. The molecule has 0 radical (unpaired) electrons. The summed E-state index contributed by atoms with van der Waals surface area (Å²) in [6, 6.07) is 12.9. The van der Waals surface area contributed by atoms with Gasteiger partial charge in [-0.05, 0) is 44.2 Å². The lowest BCUT2D eigenvalue weighted by atomic mass is 10.0. The number of benzene rings is 2. The Kier molecular flexibility index (Phi) is 5.29. The SMILES string of the molecule is Cc1ccc2nc(C)cc(C(=O)N3CCN(S(=O)(=O)c4ccccc4F)CC3)c2c1. The van der Waals surface area contributed by atoms with Crippen LogP contribution in [0.15, 0.2) is 53.4 Å². The molecule has 0 bridgehead atoms. The summed E-state index contributed by atoms with van der Waals surface area (Å²) in [7, 11) is -3.94. The molecule has 0 saturated carbocycles. The Labute approximate surface area is 175 Å². The zero-order valence-corrected chi connectivity index (χ0v) is 17.6. The fourth-order valence-corrected chi connectivity index (χ4v) is 5.23. The summed E-state index contributed by atoms with van der Waals surface area (Å²) in [5.41, 5.74) is 3.09. The summed E-state index contributed by atoms with van der Waals surface area (Å²) in [5.74, 6) is -0.927. The van der Waals surface area contributed by atoms with Gasteiger partial charge in [-0.25, -0.2) is 12.8 Å². The van der Waals surface area contributed by atoms with Gasteiger partial charge in [0, 0.05) is 37.3 Å². The third kappa shape index (κ3) is 3.68. The Bertz CT molecular complexity index is 1240. The standard InChI is InChI=1S/C22H22FN3O3S/c1-15-7-8-20-17(13-15)18(14-16(2)24-20)22(27)25-9-11-26(12-10-25)30(28,29)21-6-4-3-5-19(21)23/h3-8,13-14H,9-12H2,1-2H3. The highest BCUT2D eigenvalue weighted by Gasteiger charge is 2.32. The van der Waals surface area contributed by atoms with Crippen LogP contribution < -0.4 is 0 Å². The molecular formula is C22H22FN3O3S. The summed E-state index contributed by atoms with van der Waals surface area (Å²) in [6.45, 7) is 4.50. The molecule has 0 spiro atoms. The average Bonchev–Trinajstić information content (AvgIpc) is 2.73. The lowest BCUT2D eigenvalue weighted by Gasteiger charge is -2.34. The van der Waals surface area contributed by atoms with Gasteiger partial charge in [-0.2, -0.15) is 4.31 Å². The molecule has 1 aliphatic rings. The van der Waals surface area contributed by atoms with E-state index in [4.69, 9.17) is 0 Å². The highest BCUT2D eigenvalue weighted by molar-refractivity contribution is 7.89. The van der Waals surface area contributed by atoms with Crippen LogP contribution in [-0.4, -0.2) is 54.7 Å². The lowest BCUT2D eigenvalue weighted by Crippen LogP contribution is -2.50. The van der Waals surface area contributed by atoms with Gasteiger partial charge in [0.05, 0.1) is 11.1 Å². The van der Waals surface area contributed by atoms with Crippen molar-refractivity contribution in [2.24, 2.45) is 0 Å². The van der Waals surface area contributed by atoms with Gasteiger partial charge in [0.2, 0.25) is 10.0 Å². The van der Waals surface area contributed by atoms with Gasteiger partial charge >= 0.3 is 0 Å². The minimum absolute atomic E-state index is 0.115. The number of amides is 1. The minimum Gasteiger partial charge on any atom is -0.336 e. The fourth-order valence-electron chi connectivity index (χ4n) is 3.74. The Morgan fingerprint density at radius 1 is 1.00 bits per heavy atom. The number of halogens is 1. The third-order valence-corrected chi connectivity index (χ3v) is 7.23. The smallest absolute Gasteiger partial charge is 0.254 e. The summed E-state index contributed by atoms with van der Waals surface area (Å²) >= 11 is 0. The minimum atomic E-state index is -3.94. The van der Waals surface area contributed by atoms with Crippen LogP contribution in [0, 0.1) is 19.7 Å². The monoisotopic (exact) mass is 427 g/mol. The van der Waals surface area contributed by atoms with E-state index in [1.807, 2.05) is 32.0 Å². The van der Waals surface area contributed by atoms with Crippen molar-refractivity contribution in [1.82, 2.24) is 14.2 Å². The Balaban J connectivity index is 1.57. The van der Waals surface area contributed by atoms with Crippen LogP contribution in [0.5, 0.6) is 0 Å². The Hall–Kier alpha value is -2.84. The van der Waals surface area contributed by atoms with Crippen LogP contribution in [-0.2, 0) is 10.0 Å². The molecule has 1 fully saturated rings. The van der Waals surface area contributed by atoms with Crippen molar-refractivity contribution >= 4 is 26.8 Å². The number of sulfonamides is 1. The Morgan fingerprint density at radius 2 is 1.70 bits per heavy atom. The lowest BCUT2D eigenvalue weighted by molar-refractivity contribution is 0.0699. The predicted molar refractivity (Wildman–Crippen MR) is 112 cm³/mol. The first-order valence-corrected chi connectivity index (χ1v) is 11.1. The number of aromatic nitrogens is 1. The van der Waals surface area contributed by atoms with Crippen molar-refractivity contribution in [1.29, 1.82) is 0 Å². The average molecular weight is 428 g/mol. The third-order valence-electron chi connectivity index (χ3n) is 5.30. The Morgan fingerprint density at radius 3 is 2.40 bits per heavy atom. The van der Waals surface area contributed by atoms with E-state index in [1.165, 1.54) is 22.5 Å². The van der Waals surface area contributed by atoms with Gasteiger partial charge in [0.1, 0.15) is 10.7 Å². The van der Waals surface area contributed by atoms with Crippen LogP contribution in [0.3, 0.4) is 0 Å². The first-order chi connectivity index (χ1) is 14.3. The van der Waals surface area contributed by atoms with Crippen LogP contribution in [0.1, 0.15) is 21.6 Å². The fraction of sp³-hybridized carbons (Fsp3) is 0.273. The molecule has 8 heteroatoms. The van der Waals surface area contributed by atoms with Gasteiger partial charge in [0.25, 0.3) is 5.91 Å². The van der Waals surface area contributed by atoms with Gasteiger partial charge in [-0.3, -0.25) is 9.78 Å². The summed E-state index contributed by atoms with van der Waals surface area (Å²) < 4.78 is 40.8. The van der Waals surface area contributed by atoms with Crippen molar-refractivity contribution in [2.75, 3.05) is 26.2 Å². The van der Waals surface area contributed by atoms with E-state index in [0.29, 0.717) is 5.56 Å². The van der Waals surface area contributed by atoms with Gasteiger partial charge < -0.3 is 4.90 Å². The highest BCUT2D eigenvalue weighted by atomic mass is 32.2. The molecule has 2 aromatic carbocycles. The summed E-state index contributed by atoms with van der Waals surface area (Å²) in [6.07, 6.45) is 0. The topological polar surface area (TPSA) is 70.6 Å². The molecular weight excluding hydrogens is 405 g/mol. The van der Waals surface area contributed by atoms with Gasteiger partial charge in [-0.15, -0.1) is 0 Å². The second-order valence-corrected chi connectivity index (χ2v) is 9.36. The molecule has 1 aliphatic heterocycles. The summed E-state index contributed by atoms with van der Waals surface area (Å²) in [5, 5.41) is 0.784. The quantitative estimate of drug-likeness (QED) is 0.644. The molecule has 2 heterocycles.